The van der Waals surface area contributed by atoms with Crippen LogP contribution in [0.5, 0.6) is 5.75 Å². The molecule has 2 fully saturated rings. The summed E-state index contributed by atoms with van der Waals surface area (Å²) in [4.78, 5) is 39.5. The van der Waals surface area contributed by atoms with Crippen LogP contribution in [0.1, 0.15) is 22.3 Å². The van der Waals surface area contributed by atoms with Crippen molar-refractivity contribution in [2.45, 2.75) is 31.0 Å². The number of carbonyl (C=O) groups is 3. The van der Waals surface area contributed by atoms with Gasteiger partial charge >= 0.3 is 0 Å². The SMILES string of the molecule is O=C(N[C@H]1C[C@H]2C(=O)N[C@@H](Cc3ccc(O)cc3)C(=O)N2C1)c1cccc(Cl)c1. The van der Waals surface area contributed by atoms with Gasteiger partial charge in [0.05, 0.1) is 0 Å². The Bertz CT molecular complexity index is 963. The number of phenolic OH excluding ortho intramolecular Hbond substituents is 1. The van der Waals surface area contributed by atoms with Crippen LogP contribution in [0.2, 0.25) is 5.02 Å². The second kappa shape index (κ2) is 7.75. The van der Waals surface area contributed by atoms with Gasteiger partial charge in [0.15, 0.2) is 0 Å². The van der Waals surface area contributed by atoms with Gasteiger partial charge in [-0.3, -0.25) is 14.4 Å². The molecule has 8 heteroatoms. The highest BCUT2D eigenvalue weighted by molar-refractivity contribution is 6.30. The van der Waals surface area contributed by atoms with Crippen molar-refractivity contribution in [2.24, 2.45) is 0 Å². The van der Waals surface area contributed by atoms with Crippen molar-refractivity contribution >= 4 is 29.3 Å². The molecule has 150 valence electrons. The van der Waals surface area contributed by atoms with E-state index in [0.29, 0.717) is 23.4 Å². The van der Waals surface area contributed by atoms with E-state index in [0.717, 1.165) is 5.56 Å². The summed E-state index contributed by atoms with van der Waals surface area (Å²) in [5.41, 5.74) is 1.27. The fourth-order valence-electron chi connectivity index (χ4n) is 3.87. The molecule has 2 aromatic rings. The molecule has 0 aromatic heterocycles. The van der Waals surface area contributed by atoms with Crippen LogP contribution in [0, 0.1) is 0 Å². The molecule has 0 radical (unpaired) electrons. The number of rotatable bonds is 4. The molecule has 2 saturated heterocycles. The normalized spacial score (nSPS) is 23.5. The van der Waals surface area contributed by atoms with Gasteiger partial charge < -0.3 is 20.6 Å². The number of nitrogens with one attached hydrogen (secondary N) is 2. The molecule has 29 heavy (non-hydrogen) atoms. The second-order valence-electron chi connectivity index (χ2n) is 7.35. The first-order valence-corrected chi connectivity index (χ1v) is 9.73. The van der Waals surface area contributed by atoms with Crippen LogP contribution in [-0.2, 0) is 16.0 Å². The van der Waals surface area contributed by atoms with Crippen molar-refractivity contribution in [3.05, 3.63) is 64.7 Å². The van der Waals surface area contributed by atoms with E-state index in [9.17, 15) is 19.5 Å². The molecular weight excluding hydrogens is 394 g/mol. The Balaban J connectivity index is 1.42. The summed E-state index contributed by atoms with van der Waals surface area (Å²) >= 11 is 5.93. The number of phenols is 1. The maximum Gasteiger partial charge on any atom is 0.251 e. The van der Waals surface area contributed by atoms with Crippen LogP contribution in [-0.4, -0.2) is 52.4 Å². The van der Waals surface area contributed by atoms with E-state index in [-0.39, 0.29) is 36.1 Å². The number of hydrogen-bond acceptors (Lipinski definition) is 4. The summed E-state index contributed by atoms with van der Waals surface area (Å²) in [6, 6.07) is 11.6. The van der Waals surface area contributed by atoms with E-state index in [1.807, 2.05) is 0 Å². The zero-order valence-electron chi connectivity index (χ0n) is 15.5. The number of aromatic hydroxyl groups is 1. The predicted molar refractivity (Wildman–Crippen MR) is 107 cm³/mol. The van der Waals surface area contributed by atoms with Gasteiger partial charge in [0.25, 0.3) is 5.91 Å². The fraction of sp³-hybridized carbons (Fsp3) is 0.286. The lowest BCUT2D eigenvalue weighted by molar-refractivity contribution is -0.147. The van der Waals surface area contributed by atoms with Crippen LogP contribution >= 0.6 is 11.6 Å². The van der Waals surface area contributed by atoms with Gasteiger partial charge in [0.2, 0.25) is 11.8 Å². The largest absolute Gasteiger partial charge is 0.508 e. The number of piperazine rings is 1. The Labute approximate surface area is 172 Å². The lowest BCUT2D eigenvalue weighted by atomic mass is 10.0. The molecule has 2 aromatic carbocycles. The maximum absolute atomic E-state index is 12.9. The number of nitrogens with zero attached hydrogens (tertiary/aromatic N) is 1. The smallest absolute Gasteiger partial charge is 0.251 e. The van der Waals surface area contributed by atoms with Crippen LogP contribution in [0.25, 0.3) is 0 Å². The van der Waals surface area contributed by atoms with E-state index in [2.05, 4.69) is 10.6 Å². The molecule has 2 aliphatic rings. The minimum atomic E-state index is -0.661. The molecule has 3 N–H and O–H groups in total. The van der Waals surface area contributed by atoms with E-state index in [4.69, 9.17) is 11.6 Å². The molecule has 2 aliphatic heterocycles. The highest BCUT2D eigenvalue weighted by Gasteiger charge is 2.46. The minimum Gasteiger partial charge on any atom is -0.508 e. The molecular formula is C21H20ClN3O4. The zero-order valence-corrected chi connectivity index (χ0v) is 16.2. The molecule has 7 nitrogen and oxygen atoms in total. The van der Waals surface area contributed by atoms with Crippen molar-refractivity contribution in [3.8, 4) is 5.75 Å². The Hall–Kier alpha value is -3.06. The van der Waals surface area contributed by atoms with Crippen LogP contribution in [0.15, 0.2) is 48.5 Å². The Morgan fingerprint density at radius 1 is 1.21 bits per heavy atom. The minimum absolute atomic E-state index is 0.144. The highest BCUT2D eigenvalue weighted by atomic mass is 35.5. The number of halogens is 1. The summed E-state index contributed by atoms with van der Waals surface area (Å²) < 4.78 is 0. The molecule has 0 spiro atoms. The number of carbonyl (C=O) groups excluding carboxylic acids is 3. The van der Waals surface area contributed by atoms with Crippen molar-refractivity contribution in [2.75, 3.05) is 6.54 Å². The third-order valence-corrected chi connectivity index (χ3v) is 5.53. The first kappa shape index (κ1) is 19.3. The molecule has 0 saturated carbocycles. The summed E-state index contributed by atoms with van der Waals surface area (Å²) in [5.74, 6) is -0.522. The lowest BCUT2D eigenvalue weighted by Gasteiger charge is -2.34. The quantitative estimate of drug-likeness (QED) is 0.707. The maximum atomic E-state index is 12.9. The average molecular weight is 414 g/mol. The van der Waals surface area contributed by atoms with Gasteiger partial charge in [-0.1, -0.05) is 29.8 Å². The fourth-order valence-corrected chi connectivity index (χ4v) is 4.06. The number of hydrogen-bond donors (Lipinski definition) is 3. The number of amides is 3. The average Bonchev–Trinajstić information content (AvgIpc) is 3.12. The Morgan fingerprint density at radius 3 is 2.69 bits per heavy atom. The first-order chi connectivity index (χ1) is 13.9. The highest BCUT2D eigenvalue weighted by Crippen LogP contribution is 2.24. The topological polar surface area (TPSA) is 98.7 Å². The Kier molecular flexibility index (Phi) is 5.15. The third-order valence-electron chi connectivity index (χ3n) is 5.30. The van der Waals surface area contributed by atoms with Crippen molar-refractivity contribution in [1.29, 1.82) is 0 Å². The first-order valence-electron chi connectivity index (χ1n) is 9.36. The van der Waals surface area contributed by atoms with Crippen LogP contribution in [0.3, 0.4) is 0 Å². The summed E-state index contributed by atoms with van der Waals surface area (Å²) in [5, 5.41) is 15.5. The predicted octanol–water partition coefficient (Wildman–Crippen LogP) is 1.49. The van der Waals surface area contributed by atoms with Gasteiger partial charge in [-0.05, 0) is 42.3 Å². The van der Waals surface area contributed by atoms with Gasteiger partial charge in [0, 0.05) is 29.6 Å². The van der Waals surface area contributed by atoms with E-state index in [1.54, 1.807) is 53.4 Å². The van der Waals surface area contributed by atoms with Gasteiger partial charge in [0.1, 0.15) is 17.8 Å². The van der Waals surface area contributed by atoms with Crippen molar-refractivity contribution < 1.29 is 19.5 Å². The standard InChI is InChI=1S/C21H20ClN3O4/c22-14-3-1-2-13(9-14)19(27)23-15-10-18-20(28)24-17(21(29)25(18)11-15)8-12-4-6-16(26)7-5-12/h1-7,9,15,17-18,26H,8,10-11H2,(H,23,27)(H,24,28)/t15-,17-,18-/m0/s1. The molecule has 0 bridgehead atoms. The molecule has 0 aliphatic carbocycles. The summed E-state index contributed by atoms with van der Waals surface area (Å²) in [6.45, 7) is 0.287. The van der Waals surface area contributed by atoms with Crippen molar-refractivity contribution in [3.63, 3.8) is 0 Å². The summed E-state index contributed by atoms with van der Waals surface area (Å²) in [7, 11) is 0. The molecule has 2 heterocycles. The van der Waals surface area contributed by atoms with Crippen LogP contribution < -0.4 is 10.6 Å². The second-order valence-corrected chi connectivity index (χ2v) is 7.79. The third kappa shape index (κ3) is 4.05. The van der Waals surface area contributed by atoms with Crippen LogP contribution in [0.4, 0.5) is 0 Å². The molecule has 4 rings (SSSR count). The van der Waals surface area contributed by atoms with Gasteiger partial charge in [-0.25, -0.2) is 0 Å². The molecule has 3 amide bonds. The number of benzene rings is 2. The van der Waals surface area contributed by atoms with Gasteiger partial charge in [-0.15, -0.1) is 0 Å². The monoisotopic (exact) mass is 413 g/mol. The Morgan fingerprint density at radius 2 is 1.97 bits per heavy atom. The molecule has 3 atom stereocenters. The van der Waals surface area contributed by atoms with E-state index in [1.165, 1.54) is 0 Å². The number of fused-ring (bicyclic) bond motifs is 1. The zero-order chi connectivity index (χ0) is 20.5. The van der Waals surface area contributed by atoms with Crippen molar-refractivity contribution in [1.82, 2.24) is 15.5 Å². The van der Waals surface area contributed by atoms with E-state index < -0.39 is 12.1 Å². The van der Waals surface area contributed by atoms with E-state index >= 15 is 0 Å². The lowest BCUT2D eigenvalue weighted by Crippen LogP contribution is -2.61. The summed E-state index contributed by atoms with van der Waals surface area (Å²) in [6.07, 6.45) is 0.712. The molecule has 0 unspecified atom stereocenters. The van der Waals surface area contributed by atoms with Gasteiger partial charge in [-0.2, -0.15) is 0 Å².